The van der Waals surface area contributed by atoms with Gasteiger partial charge >= 0.3 is 0 Å². The van der Waals surface area contributed by atoms with E-state index in [2.05, 4.69) is 10.5 Å². The van der Waals surface area contributed by atoms with Crippen molar-refractivity contribution >= 4 is 27.3 Å². The van der Waals surface area contributed by atoms with Gasteiger partial charge in [0, 0.05) is 25.2 Å². The molecule has 1 aliphatic heterocycles. The van der Waals surface area contributed by atoms with Crippen molar-refractivity contribution in [2.75, 3.05) is 13.1 Å². The summed E-state index contributed by atoms with van der Waals surface area (Å²) in [7, 11) is -3.45. The molecule has 0 spiro atoms. The van der Waals surface area contributed by atoms with E-state index in [1.54, 1.807) is 21.8 Å². The summed E-state index contributed by atoms with van der Waals surface area (Å²) in [4.78, 5) is 11.8. The summed E-state index contributed by atoms with van der Waals surface area (Å²) in [6, 6.07) is 4.77. The number of piperidine rings is 1. The van der Waals surface area contributed by atoms with Gasteiger partial charge in [0.15, 0.2) is 0 Å². The van der Waals surface area contributed by atoms with Crippen LogP contribution < -0.4 is 5.32 Å². The molecule has 0 radical (unpaired) electrons. The molecule has 130 valence electrons. The number of amides is 1. The second-order valence-electron chi connectivity index (χ2n) is 5.62. The standard InChI is InChI=1S/C15H19N3O4S2/c19-15(13-7-9-17-22-13)16-8-6-12-4-1-2-10-18(12)24(20,21)14-5-3-11-23-14/h3,5,7,9,11-12H,1-2,4,6,8,10H2,(H,16,19)/t12-/m0/s1. The van der Waals surface area contributed by atoms with Gasteiger partial charge in [0.25, 0.3) is 15.9 Å². The fraction of sp³-hybridized carbons (Fsp3) is 0.467. The van der Waals surface area contributed by atoms with Gasteiger partial charge in [-0.1, -0.05) is 17.6 Å². The first kappa shape index (κ1) is 17.1. The number of aromatic nitrogens is 1. The summed E-state index contributed by atoms with van der Waals surface area (Å²) in [5.74, 6) is -0.183. The number of carbonyl (C=O) groups is 1. The molecule has 2 aromatic heterocycles. The van der Waals surface area contributed by atoms with Crippen LogP contribution in [-0.2, 0) is 10.0 Å². The first-order valence-corrected chi connectivity index (χ1v) is 10.2. The van der Waals surface area contributed by atoms with E-state index in [-0.39, 0.29) is 17.7 Å². The van der Waals surface area contributed by atoms with E-state index in [0.717, 1.165) is 19.3 Å². The Labute approximate surface area is 144 Å². The van der Waals surface area contributed by atoms with E-state index in [1.807, 2.05) is 0 Å². The maximum atomic E-state index is 12.8. The third-order valence-electron chi connectivity index (χ3n) is 4.06. The second kappa shape index (κ2) is 7.45. The molecule has 24 heavy (non-hydrogen) atoms. The molecule has 1 atom stereocenters. The topological polar surface area (TPSA) is 92.5 Å². The van der Waals surface area contributed by atoms with Gasteiger partial charge in [0.1, 0.15) is 4.21 Å². The predicted molar refractivity (Wildman–Crippen MR) is 89.3 cm³/mol. The predicted octanol–water partition coefficient (Wildman–Crippen LogP) is 2.10. The van der Waals surface area contributed by atoms with E-state index in [9.17, 15) is 13.2 Å². The molecule has 1 N–H and O–H groups in total. The molecular formula is C15H19N3O4S2. The molecule has 0 bridgehead atoms. The lowest BCUT2D eigenvalue weighted by Gasteiger charge is -2.34. The Morgan fingerprint density at radius 2 is 2.29 bits per heavy atom. The summed E-state index contributed by atoms with van der Waals surface area (Å²) in [6.07, 6.45) is 4.65. The third kappa shape index (κ3) is 3.68. The number of sulfonamides is 1. The van der Waals surface area contributed by atoms with Crippen molar-refractivity contribution in [1.82, 2.24) is 14.8 Å². The van der Waals surface area contributed by atoms with Gasteiger partial charge in [-0.05, 0) is 30.7 Å². The molecule has 9 heteroatoms. The zero-order valence-electron chi connectivity index (χ0n) is 13.1. The van der Waals surface area contributed by atoms with E-state index >= 15 is 0 Å². The van der Waals surface area contributed by atoms with Gasteiger partial charge in [-0.15, -0.1) is 11.3 Å². The Bertz CT molecular complexity index is 757. The highest BCUT2D eigenvalue weighted by Crippen LogP contribution is 2.29. The Kier molecular flexibility index (Phi) is 5.32. The lowest BCUT2D eigenvalue weighted by molar-refractivity contribution is 0.0912. The molecule has 2 aromatic rings. The second-order valence-corrected chi connectivity index (χ2v) is 8.68. The lowest BCUT2D eigenvalue weighted by atomic mass is 10.0. The largest absolute Gasteiger partial charge is 0.351 e. The van der Waals surface area contributed by atoms with Crippen LogP contribution in [0.4, 0.5) is 0 Å². The number of carbonyl (C=O) groups excluding carboxylic acids is 1. The van der Waals surface area contributed by atoms with Crippen molar-refractivity contribution < 1.29 is 17.7 Å². The fourth-order valence-electron chi connectivity index (χ4n) is 2.88. The normalized spacial score (nSPS) is 19.2. The van der Waals surface area contributed by atoms with Gasteiger partial charge in [-0.25, -0.2) is 8.42 Å². The summed E-state index contributed by atoms with van der Waals surface area (Å²) in [5.41, 5.74) is 0. The van der Waals surface area contributed by atoms with Crippen LogP contribution in [0.5, 0.6) is 0 Å². The number of nitrogens with zero attached hydrogens (tertiary/aromatic N) is 2. The smallest absolute Gasteiger partial charge is 0.289 e. The fourth-order valence-corrected chi connectivity index (χ4v) is 5.72. The van der Waals surface area contributed by atoms with Crippen LogP contribution in [0.25, 0.3) is 0 Å². The van der Waals surface area contributed by atoms with Gasteiger partial charge in [0.05, 0.1) is 6.20 Å². The molecule has 1 aliphatic rings. The molecule has 0 unspecified atom stereocenters. The van der Waals surface area contributed by atoms with Crippen LogP contribution in [0.15, 0.2) is 38.5 Å². The molecule has 0 saturated carbocycles. The van der Waals surface area contributed by atoms with Crippen LogP contribution in [0.3, 0.4) is 0 Å². The van der Waals surface area contributed by atoms with Crippen molar-refractivity contribution in [3.05, 3.63) is 35.5 Å². The number of rotatable bonds is 6. The van der Waals surface area contributed by atoms with E-state index in [1.165, 1.54) is 23.6 Å². The maximum absolute atomic E-state index is 12.8. The number of hydrogen-bond acceptors (Lipinski definition) is 6. The zero-order chi connectivity index (χ0) is 17.0. The Morgan fingerprint density at radius 1 is 1.42 bits per heavy atom. The quantitative estimate of drug-likeness (QED) is 0.842. The molecule has 1 fully saturated rings. The highest BCUT2D eigenvalue weighted by molar-refractivity contribution is 7.91. The van der Waals surface area contributed by atoms with Crippen molar-refractivity contribution in [3.8, 4) is 0 Å². The molecule has 3 heterocycles. The summed E-state index contributed by atoms with van der Waals surface area (Å²) in [6.45, 7) is 0.918. The molecule has 7 nitrogen and oxygen atoms in total. The first-order chi connectivity index (χ1) is 11.6. The van der Waals surface area contributed by atoms with Gasteiger partial charge < -0.3 is 9.84 Å². The number of nitrogens with one attached hydrogen (secondary N) is 1. The number of hydrogen-bond donors (Lipinski definition) is 1. The number of thiophene rings is 1. The van der Waals surface area contributed by atoms with Gasteiger partial charge in [-0.3, -0.25) is 4.79 Å². The Balaban J connectivity index is 1.62. The van der Waals surface area contributed by atoms with Crippen LogP contribution in [-0.4, -0.2) is 42.9 Å². The SMILES string of the molecule is O=C(NCC[C@@H]1CCCCN1S(=O)(=O)c1cccs1)c1ccno1. The van der Waals surface area contributed by atoms with Crippen LogP contribution >= 0.6 is 11.3 Å². The van der Waals surface area contributed by atoms with Gasteiger partial charge in [-0.2, -0.15) is 4.31 Å². The van der Waals surface area contributed by atoms with E-state index < -0.39 is 10.0 Å². The van der Waals surface area contributed by atoms with E-state index in [0.29, 0.717) is 23.7 Å². The Morgan fingerprint density at radius 3 is 3.00 bits per heavy atom. The van der Waals surface area contributed by atoms with Crippen LogP contribution in [0.1, 0.15) is 36.2 Å². The summed E-state index contributed by atoms with van der Waals surface area (Å²) >= 11 is 1.23. The van der Waals surface area contributed by atoms with Crippen LogP contribution in [0.2, 0.25) is 0 Å². The third-order valence-corrected chi connectivity index (χ3v) is 7.38. The molecule has 1 saturated heterocycles. The molecular weight excluding hydrogens is 350 g/mol. The van der Waals surface area contributed by atoms with Crippen molar-refractivity contribution in [2.24, 2.45) is 0 Å². The highest BCUT2D eigenvalue weighted by atomic mass is 32.2. The Hall–Kier alpha value is -1.71. The molecule has 3 rings (SSSR count). The molecule has 0 aliphatic carbocycles. The van der Waals surface area contributed by atoms with Gasteiger partial charge in [0.2, 0.25) is 5.76 Å². The monoisotopic (exact) mass is 369 g/mol. The average Bonchev–Trinajstić information content (AvgIpc) is 3.29. The van der Waals surface area contributed by atoms with Crippen LogP contribution in [0, 0.1) is 0 Å². The van der Waals surface area contributed by atoms with Crippen molar-refractivity contribution in [2.45, 2.75) is 35.9 Å². The van der Waals surface area contributed by atoms with E-state index in [4.69, 9.17) is 4.52 Å². The summed E-state index contributed by atoms with van der Waals surface area (Å²) in [5, 5.41) is 8.01. The highest BCUT2D eigenvalue weighted by Gasteiger charge is 2.33. The first-order valence-electron chi connectivity index (χ1n) is 7.83. The molecule has 0 aromatic carbocycles. The minimum atomic E-state index is -3.45. The molecule has 1 amide bonds. The van der Waals surface area contributed by atoms with Crippen molar-refractivity contribution in [3.63, 3.8) is 0 Å². The minimum Gasteiger partial charge on any atom is -0.351 e. The average molecular weight is 369 g/mol. The minimum absolute atomic E-state index is 0.0964. The maximum Gasteiger partial charge on any atom is 0.289 e. The lowest BCUT2D eigenvalue weighted by Crippen LogP contribution is -2.44. The zero-order valence-corrected chi connectivity index (χ0v) is 14.7. The summed E-state index contributed by atoms with van der Waals surface area (Å²) < 4.78 is 32.3. The van der Waals surface area contributed by atoms with Crippen molar-refractivity contribution in [1.29, 1.82) is 0 Å².